The lowest BCUT2D eigenvalue weighted by Gasteiger charge is -2.33. The van der Waals surface area contributed by atoms with Crippen molar-refractivity contribution in [2.45, 2.75) is 25.9 Å². The lowest BCUT2D eigenvalue weighted by atomic mass is 10.0. The molecule has 154 valence electrons. The lowest BCUT2D eigenvalue weighted by molar-refractivity contribution is 0.0334. The molecule has 7 nitrogen and oxygen atoms in total. The van der Waals surface area contributed by atoms with Crippen LogP contribution in [0.3, 0.4) is 0 Å². The number of amides is 1. The molecule has 1 N–H and O–H groups in total. The summed E-state index contributed by atoms with van der Waals surface area (Å²) in [6.07, 6.45) is -0.500. The Morgan fingerprint density at radius 3 is 2.69 bits per heavy atom. The Kier molecular flexibility index (Phi) is 5.64. The van der Waals surface area contributed by atoms with Gasteiger partial charge in [-0.15, -0.1) is 0 Å². The third-order valence-electron chi connectivity index (χ3n) is 5.29. The van der Waals surface area contributed by atoms with E-state index in [2.05, 4.69) is 4.90 Å². The molecular formula is C21H24FN3O4. The molecule has 0 radical (unpaired) electrons. The van der Waals surface area contributed by atoms with E-state index in [-0.39, 0.29) is 18.5 Å². The highest BCUT2D eigenvalue weighted by atomic mass is 19.1. The van der Waals surface area contributed by atoms with Crippen LogP contribution >= 0.6 is 0 Å². The van der Waals surface area contributed by atoms with Gasteiger partial charge in [0.2, 0.25) is 5.88 Å². The summed E-state index contributed by atoms with van der Waals surface area (Å²) in [5.41, 5.74) is 3.14. The summed E-state index contributed by atoms with van der Waals surface area (Å²) in [5.74, 6) is 0.0572. The molecule has 0 saturated carbocycles. The Morgan fingerprint density at radius 1 is 1.28 bits per heavy atom. The van der Waals surface area contributed by atoms with Crippen molar-refractivity contribution < 1.29 is 23.8 Å². The van der Waals surface area contributed by atoms with Gasteiger partial charge in [-0.05, 0) is 42.7 Å². The van der Waals surface area contributed by atoms with Crippen molar-refractivity contribution in [2.24, 2.45) is 0 Å². The van der Waals surface area contributed by atoms with E-state index < -0.39 is 6.09 Å². The minimum Gasteiger partial charge on any atom is -0.474 e. The number of fused-ring (bicyclic) bond motifs is 1. The molecular weight excluding hydrogens is 377 g/mol. The number of halogens is 1. The van der Waals surface area contributed by atoms with Crippen LogP contribution < -0.4 is 9.64 Å². The maximum Gasteiger partial charge on any atom is 0.412 e. The molecule has 1 aromatic heterocycles. The standard InChI is InChI=1S/C21H24FN3O4/c1-14-13-29-20-19(25(14)21(26)27)11-16(10-15-2-4-17(22)5-3-15)18(23-20)12-24-6-8-28-9-7-24/h2-5,11,14H,6-10,12-13H2,1H3,(H,26,27)/t14-/m0/s1. The number of ether oxygens (including phenoxy) is 2. The molecule has 0 aliphatic carbocycles. The van der Waals surface area contributed by atoms with Gasteiger partial charge in [-0.1, -0.05) is 12.1 Å². The first-order valence-electron chi connectivity index (χ1n) is 9.73. The van der Waals surface area contributed by atoms with Crippen LogP contribution in [0.15, 0.2) is 30.3 Å². The minimum absolute atomic E-state index is 0.264. The highest BCUT2D eigenvalue weighted by molar-refractivity contribution is 5.89. The zero-order valence-corrected chi connectivity index (χ0v) is 16.3. The molecule has 0 bridgehead atoms. The van der Waals surface area contributed by atoms with Gasteiger partial charge in [0.1, 0.15) is 18.1 Å². The van der Waals surface area contributed by atoms with Crippen molar-refractivity contribution in [3.63, 3.8) is 0 Å². The van der Waals surface area contributed by atoms with Crippen LogP contribution in [0.25, 0.3) is 0 Å². The van der Waals surface area contributed by atoms with Crippen molar-refractivity contribution in [1.29, 1.82) is 0 Å². The summed E-state index contributed by atoms with van der Waals surface area (Å²) < 4.78 is 24.5. The Labute approximate surface area is 168 Å². The fraction of sp³-hybridized carbons (Fsp3) is 0.429. The van der Waals surface area contributed by atoms with Gasteiger partial charge in [-0.3, -0.25) is 9.80 Å². The molecule has 0 unspecified atom stereocenters. The summed E-state index contributed by atoms with van der Waals surface area (Å²) in [6, 6.07) is 7.88. The number of morpholine rings is 1. The van der Waals surface area contributed by atoms with Crippen molar-refractivity contribution in [3.05, 3.63) is 53.0 Å². The van der Waals surface area contributed by atoms with Gasteiger partial charge in [0.05, 0.1) is 24.9 Å². The van der Waals surface area contributed by atoms with E-state index in [1.54, 1.807) is 19.1 Å². The van der Waals surface area contributed by atoms with Gasteiger partial charge in [-0.2, -0.15) is 0 Å². The first-order chi connectivity index (χ1) is 14.0. The molecule has 2 aromatic rings. The van der Waals surface area contributed by atoms with E-state index in [0.717, 1.165) is 29.9 Å². The average molecular weight is 401 g/mol. The second-order valence-corrected chi connectivity index (χ2v) is 7.42. The number of benzene rings is 1. The number of hydrogen-bond donors (Lipinski definition) is 1. The van der Waals surface area contributed by atoms with E-state index in [4.69, 9.17) is 14.5 Å². The summed E-state index contributed by atoms with van der Waals surface area (Å²) in [6.45, 7) is 5.68. The molecule has 29 heavy (non-hydrogen) atoms. The van der Waals surface area contributed by atoms with Crippen molar-refractivity contribution in [1.82, 2.24) is 9.88 Å². The van der Waals surface area contributed by atoms with E-state index >= 15 is 0 Å². The third-order valence-corrected chi connectivity index (χ3v) is 5.29. The number of aromatic nitrogens is 1. The Hall–Kier alpha value is -2.71. The van der Waals surface area contributed by atoms with Crippen molar-refractivity contribution >= 4 is 11.8 Å². The predicted octanol–water partition coefficient (Wildman–Crippen LogP) is 2.91. The van der Waals surface area contributed by atoms with Gasteiger partial charge in [-0.25, -0.2) is 14.2 Å². The number of rotatable bonds is 4. The largest absolute Gasteiger partial charge is 0.474 e. The molecule has 1 atom stereocenters. The van der Waals surface area contributed by atoms with Crippen molar-refractivity contribution in [2.75, 3.05) is 37.8 Å². The van der Waals surface area contributed by atoms with Gasteiger partial charge < -0.3 is 14.6 Å². The molecule has 1 fully saturated rings. The molecule has 1 aromatic carbocycles. The van der Waals surface area contributed by atoms with E-state index in [1.807, 2.05) is 6.07 Å². The maximum absolute atomic E-state index is 13.3. The van der Waals surface area contributed by atoms with Crippen LogP contribution in [0.1, 0.15) is 23.7 Å². The average Bonchev–Trinajstić information content (AvgIpc) is 2.71. The van der Waals surface area contributed by atoms with Gasteiger partial charge in [0, 0.05) is 19.6 Å². The fourth-order valence-corrected chi connectivity index (χ4v) is 3.73. The highest BCUT2D eigenvalue weighted by Crippen LogP contribution is 2.35. The molecule has 0 spiro atoms. The first kappa shape index (κ1) is 19.6. The second-order valence-electron chi connectivity index (χ2n) is 7.42. The quantitative estimate of drug-likeness (QED) is 0.849. The van der Waals surface area contributed by atoms with E-state index in [9.17, 15) is 14.3 Å². The summed E-state index contributed by atoms with van der Waals surface area (Å²) in [7, 11) is 0. The predicted molar refractivity (Wildman–Crippen MR) is 105 cm³/mol. The van der Waals surface area contributed by atoms with Crippen LogP contribution in [0.5, 0.6) is 5.88 Å². The number of nitrogens with zero attached hydrogens (tertiary/aromatic N) is 3. The Morgan fingerprint density at radius 2 is 2.00 bits per heavy atom. The first-order valence-corrected chi connectivity index (χ1v) is 9.73. The molecule has 3 heterocycles. The summed E-state index contributed by atoms with van der Waals surface area (Å²) in [4.78, 5) is 20.1. The number of anilines is 1. The van der Waals surface area contributed by atoms with Crippen molar-refractivity contribution in [3.8, 4) is 5.88 Å². The summed E-state index contributed by atoms with van der Waals surface area (Å²) >= 11 is 0. The van der Waals surface area contributed by atoms with E-state index in [1.165, 1.54) is 17.0 Å². The normalized spacial score (nSPS) is 19.5. The summed E-state index contributed by atoms with van der Waals surface area (Å²) in [5, 5.41) is 9.68. The van der Waals surface area contributed by atoms with Crippen LogP contribution in [0.4, 0.5) is 14.9 Å². The van der Waals surface area contributed by atoms with Crippen LogP contribution in [0.2, 0.25) is 0 Å². The Balaban J connectivity index is 1.72. The van der Waals surface area contributed by atoms with E-state index in [0.29, 0.717) is 37.7 Å². The molecule has 1 saturated heterocycles. The monoisotopic (exact) mass is 401 g/mol. The number of carbonyl (C=O) groups is 1. The zero-order chi connectivity index (χ0) is 20.4. The highest BCUT2D eigenvalue weighted by Gasteiger charge is 2.32. The van der Waals surface area contributed by atoms with Gasteiger partial charge >= 0.3 is 6.09 Å². The SMILES string of the molecule is C[C@H]1COc2nc(CN3CCOCC3)c(Cc3ccc(F)cc3)cc2N1C(=O)O. The third kappa shape index (κ3) is 4.33. The topological polar surface area (TPSA) is 75.1 Å². The smallest absolute Gasteiger partial charge is 0.412 e. The zero-order valence-electron chi connectivity index (χ0n) is 16.3. The van der Waals surface area contributed by atoms with Crippen LogP contribution in [-0.2, 0) is 17.7 Å². The van der Waals surface area contributed by atoms with Gasteiger partial charge in [0.25, 0.3) is 0 Å². The molecule has 2 aliphatic rings. The molecule has 2 aliphatic heterocycles. The van der Waals surface area contributed by atoms with Crippen LogP contribution in [0, 0.1) is 5.82 Å². The fourth-order valence-electron chi connectivity index (χ4n) is 3.73. The number of pyridine rings is 1. The molecule has 4 rings (SSSR count). The molecule has 1 amide bonds. The van der Waals surface area contributed by atoms with Crippen LogP contribution in [-0.4, -0.2) is 60.0 Å². The Bertz CT molecular complexity index is 884. The number of carboxylic acid groups (broad SMARTS) is 1. The lowest BCUT2D eigenvalue weighted by Crippen LogP contribution is -2.45. The second kappa shape index (κ2) is 8.34. The minimum atomic E-state index is -1.03. The van der Waals surface area contributed by atoms with Gasteiger partial charge in [0.15, 0.2) is 0 Å². The number of hydrogen-bond acceptors (Lipinski definition) is 5. The maximum atomic E-state index is 13.3. The molecule has 8 heteroatoms.